The molecule has 8 unspecified atom stereocenters. The minimum atomic E-state index is -0.965. The Morgan fingerprint density at radius 3 is 1.49 bits per heavy atom. The fourth-order valence-electron chi connectivity index (χ4n) is 6.87. The zero-order valence-electron chi connectivity index (χ0n) is 24.7. The highest BCUT2D eigenvalue weighted by Gasteiger charge is 2.57. The summed E-state index contributed by atoms with van der Waals surface area (Å²) in [5.74, 6) is -3.75. The fourth-order valence-corrected chi connectivity index (χ4v) is 6.87. The summed E-state index contributed by atoms with van der Waals surface area (Å²) in [5.41, 5.74) is 0. The number of methoxy groups -OCH3 is 2. The van der Waals surface area contributed by atoms with E-state index in [0.717, 1.165) is 65.0 Å². The summed E-state index contributed by atoms with van der Waals surface area (Å²) in [6, 6.07) is 0. The van der Waals surface area contributed by atoms with Crippen LogP contribution in [0.3, 0.4) is 0 Å². The number of fused-ring (bicyclic) bond motifs is 4. The van der Waals surface area contributed by atoms with Gasteiger partial charge in [-0.25, -0.2) is 0 Å². The number of carboxylic acids is 1. The van der Waals surface area contributed by atoms with Crippen LogP contribution >= 0.6 is 0 Å². The molecule has 8 atom stereocenters. The number of nitrogens with one attached hydrogen (secondary N) is 1. The Morgan fingerprint density at radius 2 is 1.07 bits per heavy atom. The second-order valence-corrected chi connectivity index (χ2v) is 11.8. The quantitative estimate of drug-likeness (QED) is 0.404. The Hall–Kier alpha value is -2.32. The summed E-state index contributed by atoms with van der Waals surface area (Å²) < 4.78 is 20.7. The van der Waals surface area contributed by atoms with Crippen molar-refractivity contribution < 1.29 is 43.2 Å². The summed E-state index contributed by atoms with van der Waals surface area (Å²) in [4.78, 5) is 53.4. The number of carbonyl (C=O) groups is 4. The lowest BCUT2D eigenvalue weighted by Gasteiger charge is -2.36. The van der Waals surface area contributed by atoms with E-state index in [1.54, 1.807) is 0 Å². The molecule has 6 aliphatic heterocycles. The molecular weight excluding hydrogens is 536 g/mol. The van der Waals surface area contributed by atoms with Crippen LogP contribution in [0.2, 0.25) is 0 Å². The van der Waals surface area contributed by atoms with Gasteiger partial charge in [-0.15, -0.1) is 0 Å². The fraction of sp³-hybridized carbons (Fsp3) is 0.857. The molecule has 232 valence electrons. The first-order valence-electron chi connectivity index (χ1n) is 14.7. The second-order valence-electron chi connectivity index (χ2n) is 11.8. The molecule has 0 spiro atoms. The number of esters is 2. The van der Waals surface area contributed by atoms with E-state index in [1.807, 2.05) is 4.90 Å². The zero-order chi connectivity index (χ0) is 29.7. The zero-order valence-corrected chi connectivity index (χ0v) is 24.7. The van der Waals surface area contributed by atoms with Crippen LogP contribution < -0.4 is 5.32 Å². The molecule has 0 radical (unpaired) electrons. The molecule has 0 aliphatic carbocycles. The van der Waals surface area contributed by atoms with Crippen molar-refractivity contribution in [2.75, 3.05) is 80.7 Å². The maximum absolute atomic E-state index is 12.7. The highest BCUT2D eigenvalue weighted by atomic mass is 16.5. The van der Waals surface area contributed by atoms with Gasteiger partial charge in [-0.3, -0.25) is 19.2 Å². The summed E-state index contributed by atoms with van der Waals surface area (Å²) in [7, 11) is 6.86. The smallest absolute Gasteiger partial charge is 0.312 e. The molecule has 6 saturated heterocycles. The first-order valence-corrected chi connectivity index (χ1v) is 14.7. The predicted octanol–water partition coefficient (Wildman–Crippen LogP) is -0.714. The van der Waals surface area contributed by atoms with Gasteiger partial charge in [-0.1, -0.05) is 0 Å². The van der Waals surface area contributed by atoms with Gasteiger partial charge in [0.2, 0.25) is 5.91 Å². The first kappa shape index (κ1) is 31.6. The van der Waals surface area contributed by atoms with Crippen molar-refractivity contribution in [1.29, 1.82) is 0 Å². The molecule has 6 aliphatic rings. The lowest BCUT2D eigenvalue weighted by Crippen LogP contribution is -2.52. The normalized spacial score (nSPS) is 36.0. The average molecular weight is 583 g/mol. The molecule has 6 heterocycles. The van der Waals surface area contributed by atoms with Gasteiger partial charge in [0.1, 0.15) is 0 Å². The van der Waals surface area contributed by atoms with E-state index in [0.29, 0.717) is 0 Å². The van der Waals surface area contributed by atoms with Crippen LogP contribution in [0.25, 0.3) is 0 Å². The van der Waals surface area contributed by atoms with E-state index in [9.17, 15) is 19.2 Å². The van der Waals surface area contributed by atoms with Crippen LogP contribution in [0.4, 0.5) is 0 Å². The molecule has 13 nitrogen and oxygen atoms in total. The number of hydrogen-bond donors (Lipinski definition) is 2. The third-order valence-electron chi connectivity index (χ3n) is 9.22. The second kappa shape index (κ2) is 14.2. The van der Waals surface area contributed by atoms with Gasteiger partial charge in [-0.05, 0) is 39.8 Å². The molecule has 0 aromatic rings. The highest BCUT2D eigenvalue weighted by molar-refractivity contribution is 5.87. The van der Waals surface area contributed by atoms with E-state index in [2.05, 4.69) is 33.9 Å². The predicted molar refractivity (Wildman–Crippen MR) is 146 cm³/mol. The monoisotopic (exact) mass is 582 g/mol. The molecule has 6 rings (SSSR count). The SMILES string of the molecule is CN1CCNCC1.COC(=O)C1C2CCC(O2)C1C(=O)N1CCN(C)CC1.COC(=O)C1C2CCC(O2)C1C(=O)O. The number of carbonyl (C=O) groups excluding carboxylic acids is 3. The number of carboxylic acid groups (broad SMARTS) is 1. The molecule has 6 fully saturated rings. The summed E-state index contributed by atoms with van der Waals surface area (Å²) >= 11 is 0. The standard InChI is InChI=1S/C14H22N2O4.C9H12O5.C5H12N2/c1-15-5-7-16(8-6-15)13(17)11-9-3-4-10(20-9)12(11)14(18)19-2;1-13-9(12)7-5-3-2-4(14-5)6(7)8(10)11;1-7-4-2-6-3-5-7/h9-12H,3-8H2,1-2H3;4-7H,2-3H2,1H3,(H,10,11);6H,2-5H2,1H3. The number of piperazine rings is 2. The number of likely N-dealkylation sites (N-methyl/N-ethyl adjacent to an activating group) is 2. The molecular formula is C28H46N4O9. The van der Waals surface area contributed by atoms with Crippen molar-refractivity contribution in [3.8, 4) is 0 Å². The third-order valence-corrected chi connectivity index (χ3v) is 9.22. The number of rotatable bonds is 4. The first-order chi connectivity index (χ1) is 19.7. The number of aliphatic carboxylic acids is 1. The minimum Gasteiger partial charge on any atom is -0.481 e. The van der Waals surface area contributed by atoms with Crippen molar-refractivity contribution in [3.63, 3.8) is 0 Å². The van der Waals surface area contributed by atoms with Crippen molar-refractivity contribution in [2.45, 2.75) is 50.1 Å². The molecule has 41 heavy (non-hydrogen) atoms. The number of amides is 1. The third kappa shape index (κ3) is 7.19. The Balaban J connectivity index is 0.000000159. The molecule has 2 N–H and O–H groups in total. The molecule has 0 saturated carbocycles. The Morgan fingerprint density at radius 1 is 0.659 bits per heavy atom. The maximum Gasteiger partial charge on any atom is 0.312 e. The van der Waals surface area contributed by atoms with Gasteiger partial charge in [-0.2, -0.15) is 0 Å². The van der Waals surface area contributed by atoms with E-state index in [4.69, 9.17) is 19.3 Å². The van der Waals surface area contributed by atoms with E-state index in [1.165, 1.54) is 27.3 Å². The van der Waals surface area contributed by atoms with E-state index in [-0.39, 0.29) is 42.2 Å². The van der Waals surface area contributed by atoms with Crippen molar-refractivity contribution >= 4 is 23.8 Å². The van der Waals surface area contributed by atoms with Gasteiger partial charge in [0.15, 0.2) is 0 Å². The van der Waals surface area contributed by atoms with Gasteiger partial charge >= 0.3 is 17.9 Å². The molecule has 4 bridgehead atoms. The Labute approximate surface area is 241 Å². The molecule has 0 aromatic carbocycles. The Kier molecular flexibility index (Phi) is 11.0. The summed E-state index contributed by atoms with van der Waals surface area (Å²) in [6.07, 6.45) is 2.43. The summed E-state index contributed by atoms with van der Waals surface area (Å²) in [6.45, 7) is 7.98. The number of ether oxygens (including phenoxy) is 4. The lowest BCUT2D eigenvalue weighted by molar-refractivity contribution is -0.156. The lowest BCUT2D eigenvalue weighted by atomic mass is 9.78. The Bertz CT molecular complexity index is 938. The van der Waals surface area contributed by atoms with Gasteiger partial charge in [0.25, 0.3) is 0 Å². The highest BCUT2D eigenvalue weighted by Crippen LogP contribution is 2.45. The van der Waals surface area contributed by atoms with Gasteiger partial charge in [0.05, 0.1) is 62.3 Å². The van der Waals surface area contributed by atoms with Crippen molar-refractivity contribution in [1.82, 2.24) is 20.0 Å². The van der Waals surface area contributed by atoms with Gasteiger partial charge in [0, 0.05) is 52.4 Å². The van der Waals surface area contributed by atoms with E-state index >= 15 is 0 Å². The largest absolute Gasteiger partial charge is 0.481 e. The minimum absolute atomic E-state index is 0.0701. The molecule has 1 amide bonds. The summed E-state index contributed by atoms with van der Waals surface area (Å²) in [5, 5.41) is 12.2. The van der Waals surface area contributed by atoms with Crippen LogP contribution in [-0.4, -0.2) is 149 Å². The van der Waals surface area contributed by atoms with Crippen molar-refractivity contribution in [2.24, 2.45) is 23.7 Å². The number of nitrogens with zero attached hydrogens (tertiary/aromatic N) is 3. The van der Waals surface area contributed by atoms with Crippen LogP contribution in [0.5, 0.6) is 0 Å². The number of hydrogen-bond acceptors (Lipinski definition) is 11. The van der Waals surface area contributed by atoms with Crippen molar-refractivity contribution in [3.05, 3.63) is 0 Å². The molecule has 13 heteroatoms. The molecule has 0 aromatic heterocycles. The van der Waals surface area contributed by atoms with Crippen LogP contribution in [-0.2, 0) is 38.1 Å². The topological polar surface area (TPSA) is 147 Å². The van der Waals surface area contributed by atoms with Crippen LogP contribution in [0, 0.1) is 23.7 Å². The van der Waals surface area contributed by atoms with Crippen LogP contribution in [0.1, 0.15) is 25.7 Å². The van der Waals surface area contributed by atoms with Crippen LogP contribution in [0.15, 0.2) is 0 Å². The average Bonchev–Trinajstić information content (AvgIpc) is 3.79. The van der Waals surface area contributed by atoms with E-state index < -0.39 is 29.7 Å². The maximum atomic E-state index is 12.7. The van der Waals surface area contributed by atoms with Gasteiger partial charge < -0.3 is 44.1 Å².